The molecule has 3 aromatic rings. The van der Waals surface area contributed by atoms with Gasteiger partial charge in [0.1, 0.15) is 0 Å². The Labute approximate surface area is 141 Å². The third-order valence-corrected chi connectivity index (χ3v) is 4.90. The molecule has 0 aromatic heterocycles. The van der Waals surface area contributed by atoms with E-state index in [4.69, 9.17) is 0 Å². The van der Waals surface area contributed by atoms with Crippen LogP contribution in [0.2, 0.25) is 0 Å². The molecule has 0 heterocycles. The topological polar surface area (TPSA) is 12.0 Å². The van der Waals surface area contributed by atoms with E-state index in [1.165, 1.54) is 21.9 Å². The number of nitrogens with one attached hydrogen (secondary N) is 1. The third-order valence-electron chi connectivity index (χ3n) is 3.52. The summed E-state index contributed by atoms with van der Waals surface area (Å²) in [6, 6.07) is 19.3. The number of fused-ring (bicyclic) bond motifs is 1. The SMILES string of the molecule is Cc1cc(CNc2ccc3cc(Br)ccc3c2)ccc1Br. The first kappa shape index (κ1) is 14.6. The predicted molar refractivity (Wildman–Crippen MR) is 97.9 cm³/mol. The molecule has 3 rings (SSSR count). The summed E-state index contributed by atoms with van der Waals surface area (Å²) in [7, 11) is 0. The van der Waals surface area contributed by atoms with Crippen LogP contribution in [0.3, 0.4) is 0 Å². The molecule has 106 valence electrons. The van der Waals surface area contributed by atoms with Crippen molar-refractivity contribution in [3.8, 4) is 0 Å². The second-order valence-electron chi connectivity index (χ2n) is 5.14. The minimum absolute atomic E-state index is 0.830. The Morgan fingerprint density at radius 1 is 0.857 bits per heavy atom. The summed E-state index contributed by atoms with van der Waals surface area (Å²) in [4.78, 5) is 0. The Hall–Kier alpha value is -1.32. The fraction of sp³-hybridized carbons (Fsp3) is 0.111. The lowest BCUT2D eigenvalue weighted by Crippen LogP contribution is -1.99. The van der Waals surface area contributed by atoms with Crippen molar-refractivity contribution in [2.45, 2.75) is 13.5 Å². The molecule has 3 aromatic carbocycles. The van der Waals surface area contributed by atoms with Crippen molar-refractivity contribution < 1.29 is 0 Å². The molecule has 1 N–H and O–H groups in total. The molecular formula is C18H15Br2N. The largest absolute Gasteiger partial charge is 0.381 e. The van der Waals surface area contributed by atoms with Crippen molar-refractivity contribution in [3.63, 3.8) is 0 Å². The Kier molecular flexibility index (Phi) is 4.32. The van der Waals surface area contributed by atoms with Crippen LogP contribution in [0.4, 0.5) is 5.69 Å². The highest BCUT2D eigenvalue weighted by Crippen LogP contribution is 2.23. The van der Waals surface area contributed by atoms with E-state index in [1.807, 2.05) is 0 Å². The standard InChI is InChI=1S/C18H15Br2N/c1-12-8-13(2-7-18(12)20)11-21-17-6-4-14-9-16(19)5-3-15(14)10-17/h2-10,21H,11H2,1H3. The zero-order valence-electron chi connectivity index (χ0n) is 11.7. The fourth-order valence-electron chi connectivity index (χ4n) is 2.35. The molecule has 0 saturated carbocycles. The average Bonchev–Trinajstić information content (AvgIpc) is 2.48. The van der Waals surface area contributed by atoms with E-state index in [-0.39, 0.29) is 0 Å². The predicted octanol–water partition coefficient (Wildman–Crippen LogP) is 6.29. The van der Waals surface area contributed by atoms with Crippen LogP contribution < -0.4 is 5.32 Å². The molecule has 0 atom stereocenters. The van der Waals surface area contributed by atoms with Crippen LogP contribution in [0.15, 0.2) is 63.5 Å². The van der Waals surface area contributed by atoms with Gasteiger partial charge in [-0.25, -0.2) is 0 Å². The zero-order valence-corrected chi connectivity index (χ0v) is 14.8. The molecule has 0 radical (unpaired) electrons. The lowest BCUT2D eigenvalue weighted by atomic mass is 10.1. The minimum Gasteiger partial charge on any atom is -0.381 e. The van der Waals surface area contributed by atoms with Crippen molar-refractivity contribution in [2.75, 3.05) is 5.32 Å². The summed E-state index contributed by atoms with van der Waals surface area (Å²) in [6.07, 6.45) is 0. The van der Waals surface area contributed by atoms with Gasteiger partial charge in [0, 0.05) is 21.2 Å². The number of halogens is 2. The van der Waals surface area contributed by atoms with Crippen molar-refractivity contribution in [2.24, 2.45) is 0 Å². The molecule has 3 heteroatoms. The van der Waals surface area contributed by atoms with E-state index >= 15 is 0 Å². The zero-order chi connectivity index (χ0) is 14.8. The quantitative estimate of drug-likeness (QED) is 0.541. The van der Waals surface area contributed by atoms with Gasteiger partial charge < -0.3 is 5.32 Å². The summed E-state index contributed by atoms with van der Waals surface area (Å²) in [5.74, 6) is 0. The van der Waals surface area contributed by atoms with Crippen LogP contribution in [0, 0.1) is 6.92 Å². The first-order valence-electron chi connectivity index (χ1n) is 6.80. The van der Waals surface area contributed by atoms with Crippen LogP contribution in [-0.2, 0) is 6.54 Å². The summed E-state index contributed by atoms with van der Waals surface area (Å²) in [6.45, 7) is 2.94. The maximum Gasteiger partial charge on any atom is 0.0400 e. The molecule has 0 saturated heterocycles. The van der Waals surface area contributed by atoms with Gasteiger partial charge in [-0.15, -0.1) is 0 Å². The van der Waals surface area contributed by atoms with Gasteiger partial charge in [0.05, 0.1) is 0 Å². The average molecular weight is 405 g/mol. The monoisotopic (exact) mass is 403 g/mol. The molecule has 21 heavy (non-hydrogen) atoms. The Morgan fingerprint density at radius 3 is 2.43 bits per heavy atom. The number of anilines is 1. The number of benzene rings is 3. The summed E-state index contributed by atoms with van der Waals surface area (Å²) < 4.78 is 2.27. The molecular weight excluding hydrogens is 390 g/mol. The van der Waals surface area contributed by atoms with Crippen LogP contribution in [-0.4, -0.2) is 0 Å². The summed E-state index contributed by atoms with van der Waals surface area (Å²) >= 11 is 7.04. The Morgan fingerprint density at radius 2 is 1.62 bits per heavy atom. The van der Waals surface area contributed by atoms with E-state index in [0.29, 0.717) is 0 Å². The molecule has 0 bridgehead atoms. The normalized spacial score (nSPS) is 10.8. The van der Waals surface area contributed by atoms with Crippen molar-refractivity contribution >= 4 is 48.3 Å². The van der Waals surface area contributed by atoms with Gasteiger partial charge in [0.2, 0.25) is 0 Å². The van der Waals surface area contributed by atoms with E-state index in [0.717, 1.165) is 21.2 Å². The minimum atomic E-state index is 0.830. The van der Waals surface area contributed by atoms with Crippen LogP contribution in [0.5, 0.6) is 0 Å². The number of aryl methyl sites for hydroxylation is 1. The summed E-state index contributed by atoms with van der Waals surface area (Å²) in [5, 5.41) is 5.98. The van der Waals surface area contributed by atoms with E-state index in [2.05, 4.69) is 98.7 Å². The maximum absolute atomic E-state index is 3.53. The first-order chi connectivity index (χ1) is 10.1. The van der Waals surface area contributed by atoms with Crippen LogP contribution in [0.25, 0.3) is 10.8 Å². The van der Waals surface area contributed by atoms with Gasteiger partial charge in [-0.05, 0) is 59.2 Å². The van der Waals surface area contributed by atoms with Crippen LogP contribution in [0.1, 0.15) is 11.1 Å². The molecule has 0 amide bonds. The molecule has 0 aliphatic heterocycles. The van der Waals surface area contributed by atoms with Crippen molar-refractivity contribution in [1.29, 1.82) is 0 Å². The molecule has 0 spiro atoms. The Bertz CT molecular complexity index is 796. The third kappa shape index (κ3) is 3.47. The second kappa shape index (κ2) is 6.20. The van der Waals surface area contributed by atoms with Gasteiger partial charge in [-0.2, -0.15) is 0 Å². The lowest BCUT2D eigenvalue weighted by molar-refractivity contribution is 1.14. The van der Waals surface area contributed by atoms with Crippen molar-refractivity contribution in [3.05, 3.63) is 74.7 Å². The highest BCUT2D eigenvalue weighted by molar-refractivity contribution is 9.10. The molecule has 0 unspecified atom stereocenters. The van der Waals surface area contributed by atoms with Crippen LogP contribution >= 0.6 is 31.9 Å². The smallest absolute Gasteiger partial charge is 0.0400 e. The highest BCUT2D eigenvalue weighted by atomic mass is 79.9. The van der Waals surface area contributed by atoms with E-state index < -0.39 is 0 Å². The maximum atomic E-state index is 3.53. The number of hydrogen-bond acceptors (Lipinski definition) is 1. The first-order valence-corrected chi connectivity index (χ1v) is 8.39. The van der Waals surface area contributed by atoms with Gasteiger partial charge in [0.25, 0.3) is 0 Å². The highest BCUT2D eigenvalue weighted by Gasteiger charge is 2.00. The van der Waals surface area contributed by atoms with Gasteiger partial charge in [0.15, 0.2) is 0 Å². The molecule has 0 fully saturated rings. The molecule has 0 aliphatic rings. The van der Waals surface area contributed by atoms with Gasteiger partial charge in [-0.1, -0.05) is 56.1 Å². The van der Waals surface area contributed by atoms with Gasteiger partial charge >= 0.3 is 0 Å². The van der Waals surface area contributed by atoms with E-state index in [9.17, 15) is 0 Å². The fourth-order valence-corrected chi connectivity index (χ4v) is 2.97. The van der Waals surface area contributed by atoms with Crippen molar-refractivity contribution in [1.82, 2.24) is 0 Å². The second-order valence-corrected chi connectivity index (χ2v) is 6.91. The molecule has 0 aliphatic carbocycles. The van der Waals surface area contributed by atoms with E-state index in [1.54, 1.807) is 0 Å². The lowest BCUT2D eigenvalue weighted by Gasteiger charge is -2.09. The Balaban J connectivity index is 1.78. The number of rotatable bonds is 3. The van der Waals surface area contributed by atoms with Gasteiger partial charge in [-0.3, -0.25) is 0 Å². The summed E-state index contributed by atoms with van der Waals surface area (Å²) in [5.41, 5.74) is 3.69. The molecule has 1 nitrogen and oxygen atoms in total. The number of hydrogen-bond donors (Lipinski definition) is 1.